The number of halogens is 2. The number of hydrogen-bond acceptors (Lipinski definition) is 4. The van der Waals surface area contributed by atoms with Gasteiger partial charge in [0.2, 0.25) is 5.78 Å². The van der Waals surface area contributed by atoms with E-state index >= 15 is 0 Å². The maximum absolute atomic E-state index is 13.8. The Morgan fingerprint density at radius 2 is 1.66 bits per heavy atom. The number of benzene rings is 3. The van der Waals surface area contributed by atoms with E-state index in [-0.39, 0.29) is 23.7 Å². The highest BCUT2D eigenvalue weighted by Gasteiger charge is 2.27. The maximum Gasteiger partial charge on any atom is 0.231 e. The molecule has 0 fully saturated rings. The molecule has 3 aromatic carbocycles. The van der Waals surface area contributed by atoms with Crippen LogP contribution in [0.5, 0.6) is 11.5 Å². The lowest BCUT2D eigenvalue weighted by atomic mass is 10.1. The molecular formula is C26H23F2NO3. The number of carbonyl (C=O) groups is 1. The van der Waals surface area contributed by atoms with Gasteiger partial charge in [0.25, 0.3) is 0 Å². The van der Waals surface area contributed by atoms with Gasteiger partial charge in [0.15, 0.2) is 5.76 Å². The summed E-state index contributed by atoms with van der Waals surface area (Å²) in [7, 11) is 0. The van der Waals surface area contributed by atoms with Gasteiger partial charge in [-0.15, -0.1) is 0 Å². The zero-order valence-corrected chi connectivity index (χ0v) is 17.9. The van der Waals surface area contributed by atoms with Gasteiger partial charge in [0.1, 0.15) is 29.7 Å². The molecule has 4 rings (SSSR count). The fourth-order valence-electron chi connectivity index (χ4n) is 3.60. The highest BCUT2D eigenvalue weighted by Crippen LogP contribution is 2.35. The van der Waals surface area contributed by atoms with Gasteiger partial charge in [-0.1, -0.05) is 18.2 Å². The molecular weight excluding hydrogens is 412 g/mol. The second-order valence-electron chi connectivity index (χ2n) is 7.35. The van der Waals surface area contributed by atoms with Gasteiger partial charge < -0.3 is 14.4 Å². The molecule has 6 heteroatoms. The zero-order chi connectivity index (χ0) is 22.7. The zero-order valence-electron chi connectivity index (χ0n) is 17.9. The molecule has 0 saturated carbocycles. The average Bonchev–Trinajstić information content (AvgIpc) is 3.10. The minimum absolute atomic E-state index is 0.154. The van der Waals surface area contributed by atoms with Crippen LogP contribution in [-0.4, -0.2) is 18.9 Å². The van der Waals surface area contributed by atoms with Crippen LogP contribution in [-0.2, 0) is 6.61 Å². The minimum atomic E-state index is -0.671. The van der Waals surface area contributed by atoms with E-state index in [0.717, 1.165) is 24.3 Å². The SMILES string of the molecule is CCN(CC)c1ccc(/C=C2\Oc3cc(OCc4c(F)cccc4F)ccc3C2=O)cc1. The Labute approximate surface area is 185 Å². The summed E-state index contributed by atoms with van der Waals surface area (Å²) in [4.78, 5) is 14.9. The number of hydrogen-bond donors (Lipinski definition) is 0. The van der Waals surface area contributed by atoms with Crippen molar-refractivity contribution in [2.45, 2.75) is 20.5 Å². The molecule has 164 valence electrons. The van der Waals surface area contributed by atoms with Crippen molar-refractivity contribution in [3.8, 4) is 11.5 Å². The largest absolute Gasteiger partial charge is 0.489 e. The predicted octanol–water partition coefficient (Wildman–Crippen LogP) is 6.01. The number of anilines is 1. The maximum atomic E-state index is 13.8. The lowest BCUT2D eigenvalue weighted by molar-refractivity contribution is 0.101. The molecule has 0 unspecified atom stereocenters. The molecule has 4 nitrogen and oxygen atoms in total. The van der Waals surface area contributed by atoms with Crippen LogP contribution in [0.25, 0.3) is 6.08 Å². The molecule has 0 aromatic heterocycles. The standard InChI is InChI=1S/C26H23F2NO3/c1-3-29(4-2)18-10-8-17(9-11-18)14-25-26(30)20-13-12-19(15-24(20)32-25)31-16-21-22(27)6-5-7-23(21)28/h5-15H,3-4,16H2,1-2H3/b25-14-. The monoisotopic (exact) mass is 435 g/mol. The third-order valence-corrected chi connectivity index (χ3v) is 5.41. The first-order chi connectivity index (χ1) is 15.5. The number of nitrogens with zero attached hydrogens (tertiary/aromatic N) is 1. The summed E-state index contributed by atoms with van der Waals surface area (Å²) in [5, 5.41) is 0. The third kappa shape index (κ3) is 4.35. The minimum Gasteiger partial charge on any atom is -0.489 e. The Balaban J connectivity index is 1.49. The van der Waals surface area contributed by atoms with Crippen LogP contribution >= 0.6 is 0 Å². The first-order valence-corrected chi connectivity index (χ1v) is 10.5. The summed E-state index contributed by atoms with van der Waals surface area (Å²) in [6, 6.07) is 16.3. The van der Waals surface area contributed by atoms with E-state index < -0.39 is 11.6 Å². The van der Waals surface area contributed by atoms with Crippen LogP contribution in [0.4, 0.5) is 14.5 Å². The first-order valence-electron chi connectivity index (χ1n) is 10.5. The molecule has 0 atom stereocenters. The van der Waals surface area contributed by atoms with Crippen molar-refractivity contribution in [3.05, 3.63) is 94.7 Å². The Hall–Kier alpha value is -3.67. The number of carbonyl (C=O) groups excluding carboxylic acids is 1. The lowest BCUT2D eigenvalue weighted by Gasteiger charge is -2.20. The van der Waals surface area contributed by atoms with E-state index in [1.54, 1.807) is 24.3 Å². The van der Waals surface area contributed by atoms with Crippen LogP contribution in [0.15, 0.2) is 66.4 Å². The van der Waals surface area contributed by atoms with Gasteiger partial charge in [-0.05, 0) is 61.9 Å². The van der Waals surface area contributed by atoms with Crippen molar-refractivity contribution in [2.75, 3.05) is 18.0 Å². The molecule has 0 radical (unpaired) electrons. The summed E-state index contributed by atoms with van der Waals surface area (Å²) < 4.78 is 38.9. The van der Waals surface area contributed by atoms with Crippen molar-refractivity contribution in [1.29, 1.82) is 0 Å². The highest BCUT2D eigenvalue weighted by molar-refractivity contribution is 6.14. The van der Waals surface area contributed by atoms with Crippen LogP contribution in [0.2, 0.25) is 0 Å². The molecule has 0 spiro atoms. The second kappa shape index (κ2) is 9.22. The normalized spacial score (nSPS) is 13.8. The average molecular weight is 435 g/mol. The molecule has 0 amide bonds. The summed E-state index contributed by atoms with van der Waals surface area (Å²) in [6.45, 7) is 5.77. The fourth-order valence-corrected chi connectivity index (χ4v) is 3.60. The van der Waals surface area contributed by atoms with E-state index in [4.69, 9.17) is 9.47 Å². The third-order valence-electron chi connectivity index (χ3n) is 5.41. The summed E-state index contributed by atoms with van der Waals surface area (Å²) in [5.41, 5.74) is 2.23. The molecule has 1 heterocycles. The summed E-state index contributed by atoms with van der Waals surface area (Å²) >= 11 is 0. The molecule has 1 aliphatic heterocycles. The second-order valence-corrected chi connectivity index (χ2v) is 7.35. The number of rotatable bonds is 7. The van der Waals surface area contributed by atoms with Crippen molar-refractivity contribution in [3.63, 3.8) is 0 Å². The molecule has 0 saturated heterocycles. The Bertz CT molecular complexity index is 1150. The van der Waals surface area contributed by atoms with Crippen molar-refractivity contribution in [1.82, 2.24) is 0 Å². The van der Waals surface area contributed by atoms with Crippen LogP contribution in [0, 0.1) is 11.6 Å². The van der Waals surface area contributed by atoms with E-state index in [1.807, 2.05) is 24.3 Å². The van der Waals surface area contributed by atoms with Crippen molar-refractivity contribution in [2.24, 2.45) is 0 Å². The van der Waals surface area contributed by atoms with Gasteiger partial charge >= 0.3 is 0 Å². The van der Waals surface area contributed by atoms with Crippen molar-refractivity contribution >= 4 is 17.5 Å². The van der Waals surface area contributed by atoms with Crippen molar-refractivity contribution < 1.29 is 23.0 Å². The smallest absolute Gasteiger partial charge is 0.231 e. The Kier molecular flexibility index (Phi) is 6.21. The van der Waals surface area contributed by atoms with E-state index in [2.05, 4.69) is 18.7 Å². The van der Waals surface area contributed by atoms with Crippen LogP contribution < -0.4 is 14.4 Å². The number of allylic oxidation sites excluding steroid dienone is 1. The highest BCUT2D eigenvalue weighted by atomic mass is 19.1. The summed E-state index contributed by atoms with van der Waals surface area (Å²) in [5.74, 6) is -0.645. The van der Waals surface area contributed by atoms with E-state index in [0.29, 0.717) is 17.1 Å². The Morgan fingerprint density at radius 3 is 2.31 bits per heavy atom. The first kappa shape index (κ1) is 21.6. The van der Waals surface area contributed by atoms with E-state index in [1.165, 1.54) is 18.2 Å². The molecule has 1 aliphatic rings. The fraction of sp³-hybridized carbons (Fsp3) is 0.192. The predicted molar refractivity (Wildman–Crippen MR) is 120 cm³/mol. The summed E-state index contributed by atoms with van der Waals surface area (Å²) in [6.07, 6.45) is 1.70. The molecule has 3 aromatic rings. The lowest BCUT2D eigenvalue weighted by Crippen LogP contribution is -2.21. The van der Waals surface area contributed by atoms with Gasteiger partial charge in [-0.2, -0.15) is 0 Å². The van der Waals surface area contributed by atoms with Gasteiger partial charge in [0.05, 0.1) is 11.1 Å². The van der Waals surface area contributed by atoms with E-state index in [9.17, 15) is 13.6 Å². The molecule has 0 aliphatic carbocycles. The van der Waals surface area contributed by atoms with Gasteiger partial charge in [-0.25, -0.2) is 8.78 Å². The number of fused-ring (bicyclic) bond motifs is 1. The number of Topliss-reactive ketones (excluding diaryl/α,β-unsaturated/α-hetero) is 1. The molecule has 0 bridgehead atoms. The van der Waals surface area contributed by atoms with Crippen LogP contribution in [0.1, 0.15) is 35.3 Å². The quantitative estimate of drug-likeness (QED) is 0.426. The number of ether oxygens (including phenoxy) is 2. The molecule has 32 heavy (non-hydrogen) atoms. The Morgan fingerprint density at radius 1 is 0.969 bits per heavy atom. The van der Waals surface area contributed by atoms with Crippen LogP contribution in [0.3, 0.4) is 0 Å². The number of ketones is 1. The molecule has 0 N–H and O–H groups in total. The van der Waals surface area contributed by atoms with Gasteiger partial charge in [0, 0.05) is 24.8 Å². The van der Waals surface area contributed by atoms with Gasteiger partial charge in [-0.3, -0.25) is 4.79 Å². The topological polar surface area (TPSA) is 38.8 Å².